The summed E-state index contributed by atoms with van der Waals surface area (Å²) in [6.07, 6.45) is -25.0. The predicted molar refractivity (Wildman–Crippen MR) is 261 cm³/mol. The topological polar surface area (TPSA) is 601 Å². The molecule has 4 fully saturated rings. The van der Waals surface area contributed by atoms with Gasteiger partial charge in [-0.1, -0.05) is 0 Å². The van der Waals surface area contributed by atoms with Crippen molar-refractivity contribution in [2.75, 3.05) is 43.6 Å². The van der Waals surface area contributed by atoms with Crippen molar-refractivity contribution >= 4 is 63.4 Å². The van der Waals surface area contributed by atoms with Gasteiger partial charge < -0.3 is 81.5 Å². The molecule has 41 nitrogen and oxygen atoms in total. The fraction of sp³-hybridized carbons (Fsp3) is 0.526. The number of hydrogen-bond acceptors (Lipinski definition) is 32. The van der Waals surface area contributed by atoms with E-state index in [0.29, 0.717) is 9.13 Å². The molecule has 19 atom stereocenters. The number of phosphoric acid groups is 3. The molecule has 44 heteroatoms. The highest BCUT2D eigenvalue weighted by atomic mass is 31.2. The smallest absolute Gasteiger partial charge is 0.394 e. The van der Waals surface area contributed by atoms with E-state index in [1.54, 1.807) is 0 Å². The molecule has 0 saturated carbocycles. The molecule has 4 saturated heterocycles. The SMILES string of the molecule is Nc1ccn([C@@H]2O[C@H](COP(=O)(O)O[C@H]3[C@@H](O)[C@H](n4ccc(=O)[nH]c4=O)O[C@@H]3COP(=O)(O)O[C@H]3[C@@H](O)[C@H](n4cnc5c(N)ncnc54)O[C@@H]3CO)[C@@H](OP(=O)(O)OC[C@H]3O[C@@H](n4cnc5c(=O)[nH]c(N)nc54)[C@H](O)[C@@H]3O)[C@H]2O)c(=O)n1. The molecule has 0 aliphatic carbocycles. The maximum atomic E-state index is 13.9. The zero-order chi connectivity index (χ0) is 58.9. The summed E-state index contributed by atoms with van der Waals surface area (Å²) in [6.45, 7) is -4.46. The summed E-state index contributed by atoms with van der Waals surface area (Å²) in [6, 6.07) is 1.91. The first-order chi connectivity index (χ1) is 38.7. The number of anilines is 3. The minimum atomic E-state index is -5.75. The van der Waals surface area contributed by atoms with Crippen LogP contribution in [0, 0.1) is 0 Å². The quantitative estimate of drug-likeness (QED) is 0.0316. The van der Waals surface area contributed by atoms with Gasteiger partial charge in [0.1, 0.15) is 90.9 Å². The first kappa shape index (κ1) is 59.0. The number of fused-ring (bicyclic) bond motifs is 2. The van der Waals surface area contributed by atoms with Crippen LogP contribution in [0.5, 0.6) is 0 Å². The number of nitrogens with zero attached hydrogens (tertiary/aromatic N) is 10. The van der Waals surface area contributed by atoms with Crippen molar-refractivity contribution in [1.82, 2.24) is 58.1 Å². The van der Waals surface area contributed by atoms with Gasteiger partial charge in [-0.25, -0.2) is 43.2 Å². The molecule has 0 spiro atoms. The largest absolute Gasteiger partial charge is 0.472 e. The highest BCUT2D eigenvalue weighted by Crippen LogP contribution is 2.54. The first-order valence-electron chi connectivity index (χ1n) is 23.7. The third-order valence-corrected chi connectivity index (χ3v) is 16.0. The Labute approximate surface area is 452 Å². The number of aliphatic hydroxyl groups excluding tert-OH is 6. The van der Waals surface area contributed by atoms with Crippen LogP contribution in [0.25, 0.3) is 22.3 Å². The molecule has 6 aromatic heterocycles. The molecule has 4 aliphatic rings. The van der Waals surface area contributed by atoms with Crippen LogP contribution in [-0.4, -0.2) is 203 Å². The van der Waals surface area contributed by atoms with E-state index in [4.69, 9.17) is 63.3 Å². The van der Waals surface area contributed by atoms with Crippen molar-refractivity contribution in [2.24, 2.45) is 0 Å². The van der Waals surface area contributed by atoms with E-state index in [2.05, 4.69) is 34.9 Å². The summed E-state index contributed by atoms with van der Waals surface area (Å²) < 4.78 is 98.6. The van der Waals surface area contributed by atoms with Crippen LogP contribution < -0.4 is 39.7 Å². The fourth-order valence-electron chi connectivity index (χ4n) is 9.24. The Morgan fingerprint density at radius 3 is 1.62 bits per heavy atom. The molecule has 3 unspecified atom stereocenters. The zero-order valence-electron chi connectivity index (χ0n) is 41.1. The number of aromatic nitrogens is 12. The summed E-state index contributed by atoms with van der Waals surface area (Å²) in [4.78, 5) is 111. The third kappa shape index (κ3) is 11.7. The number of aliphatic hydroxyl groups is 6. The van der Waals surface area contributed by atoms with E-state index >= 15 is 0 Å². The van der Waals surface area contributed by atoms with Crippen molar-refractivity contribution in [3.63, 3.8) is 0 Å². The highest BCUT2D eigenvalue weighted by molar-refractivity contribution is 7.48. The molecule has 6 aromatic rings. The molecule has 0 aromatic carbocycles. The molecular weight excluding hydrogens is 1180 g/mol. The summed E-state index contributed by atoms with van der Waals surface area (Å²) in [5.41, 5.74) is 12.9. The molecule has 17 N–H and O–H groups in total. The second-order valence-corrected chi connectivity index (χ2v) is 22.5. The third-order valence-electron chi connectivity index (χ3n) is 13.1. The number of imidazole rings is 2. The Bertz CT molecular complexity index is 3750. The monoisotopic (exact) mass is 1220 g/mol. The van der Waals surface area contributed by atoms with Crippen LogP contribution in [-0.2, 0) is 59.8 Å². The minimum Gasteiger partial charge on any atom is -0.394 e. The highest BCUT2D eigenvalue weighted by Gasteiger charge is 2.55. The lowest BCUT2D eigenvalue weighted by molar-refractivity contribution is -0.0652. The van der Waals surface area contributed by atoms with E-state index in [9.17, 15) is 78.2 Å². The normalized spacial score (nSPS) is 32.5. The number of ether oxygens (including phenoxy) is 4. The lowest BCUT2D eigenvalue weighted by Crippen LogP contribution is -2.39. The summed E-state index contributed by atoms with van der Waals surface area (Å²) >= 11 is 0. The van der Waals surface area contributed by atoms with Gasteiger partial charge in [-0.15, -0.1) is 0 Å². The van der Waals surface area contributed by atoms with E-state index in [1.807, 2.05) is 4.98 Å². The van der Waals surface area contributed by atoms with Crippen molar-refractivity contribution in [3.8, 4) is 0 Å². The Kier molecular flexibility index (Phi) is 16.4. The standard InChI is InChI=1S/C38H48N15O26P3/c39-16-1-3-50(37(62)46-16)33-23(59)26(78-80(64,65)70-6-13-20(56)21(57)32(74-13)53-11-45-19-30(53)48-36(41)49-31(19)61)14(75-33)8-72-82(68,69)79-27-15(76-34(24(27)60)51-4-2-17(55)47-38(51)63)7-71-81(66,67)77-25-12(5-54)73-35(22(25)58)52-10-44-18-28(40)42-9-43-29(18)52/h1-4,9-15,20-27,32-35,54,56-60H,5-8H2,(H,64,65)(H,66,67)(H,68,69)(H2,39,46,62)(H2,40,42,43)(H,47,55,63)(H3,41,48,49,61)/t12-,13-,14-,15-,20-,21-,22-,23-,24-,25-,26-,27-,32-,33-,34-,35-/m1/s1. The number of nitrogens with two attached hydrogens (primary N) is 3. The number of aromatic amines is 2. The maximum absolute atomic E-state index is 13.9. The number of hydrogen-bond donors (Lipinski definition) is 14. The van der Waals surface area contributed by atoms with Crippen LogP contribution >= 0.6 is 23.5 Å². The Hall–Kier alpha value is -6.21. The summed E-state index contributed by atoms with van der Waals surface area (Å²) in [5.74, 6) is -0.663. The van der Waals surface area contributed by atoms with Gasteiger partial charge in [0, 0.05) is 18.5 Å². The molecule has 10 heterocycles. The van der Waals surface area contributed by atoms with Crippen LogP contribution in [0.1, 0.15) is 24.9 Å². The number of phosphoric ester groups is 3. The zero-order valence-corrected chi connectivity index (χ0v) is 43.8. The van der Waals surface area contributed by atoms with Crippen LogP contribution in [0.2, 0.25) is 0 Å². The minimum absolute atomic E-state index is 0.0401. The van der Waals surface area contributed by atoms with Crippen molar-refractivity contribution < 1.29 is 105 Å². The van der Waals surface area contributed by atoms with Crippen molar-refractivity contribution in [2.45, 2.75) is 98.2 Å². The van der Waals surface area contributed by atoms with Crippen molar-refractivity contribution in [1.29, 1.82) is 0 Å². The average Bonchev–Trinajstić information content (AvgIpc) is 3.99. The molecule has 4 aliphatic heterocycles. The maximum Gasteiger partial charge on any atom is 0.472 e. The Balaban J connectivity index is 0.841. The van der Waals surface area contributed by atoms with Crippen molar-refractivity contribution in [3.05, 3.63) is 85.2 Å². The van der Waals surface area contributed by atoms with Gasteiger partial charge in [-0.2, -0.15) is 9.97 Å². The van der Waals surface area contributed by atoms with Gasteiger partial charge in [0.15, 0.2) is 47.5 Å². The second kappa shape index (κ2) is 22.8. The second-order valence-electron chi connectivity index (χ2n) is 18.3. The van der Waals surface area contributed by atoms with E-state index in [0.717, 1.165) is 48.1 Å². The number of nitrogens with one attached hydrogen (secondary N) is 2. The van der Waals surface area contributed by atoms with Gasteiger partial charge in [-0.05, 0) is 6.07 Å². The number of nitrogen functional groups attached to an aromatic ring is 3. The molecule has 82 heavy (non-hydrogen) atoms. The molecular formula is C38H48N15O26P3. The molecule has 10 rings (SSSR count). The fourth-order valence-corrected chi connectivity index (χ4v) is 12.1. The first-order valence-corrected chi connectivity index (χ1v) is 28.1. The lowest BCUT2D eigenvalue weighted by Gasteiger charge is -2.26. The predicted octanol–water partition coefficient (Wildman–Crippen LogP) is -6.59. The molecule has 0 bridgehead atoms. The summed E-state index contributed by atoms with van der Waals surface area (Å²) in [7, 11) is -16.8. The molecule has 446 valence electrons. The Morgan fingerprint density at radius 1 is 0.561 bits per heavy atom. The van der Waals surface area contributed by atoms with E-state index in [-0.39, 0.29) is 39.9 Å². The lowest BCUT2D eigenvalue weighted by atomic mass is 10.1. The van der Waals surface area contributed by atoms with E-state index < -0.39 is 171 Å². The average molecular weight is 1220 g/mol. The Morgan fingerprint density at radius 2 is 1.05 bits per heavy atom. The number of H-pyrrole nitrogens is 2. The van der Waals surface area contributed by atoms with Gasteiger partial charge >= 0.3 is 34.8 Å². The summed E-state index contributed by atoms with van der Waals surface area (Å²) in [5, 5.41) is 66.1. The molecule has 0 radical (unpaired) electrons. The number of rotatable bonds is 20. The van der Waals surface area contributed by atoms with Crippen LogP contribution in [0.15, 0.2) is 62.7 Å². The van der Waals surface area contributed by atoms with Gasteiger partial charge in [-0.3, -0.25) is 65.0 Å². The van der Waals surface area contributed by atoms with Crippen LogP contribution in [0.4, 0.5) is 17.6 Å². The van der Waals surface area contributed by atoms with Gasteiger partial charge in [0.25, 0.3) is 11.1 Å². The van der Waals surface area contributed by atoms with Gasteiger partial charge in [0.2, 0.25) is 5.95 Å². The van der Waals surface area contributed by atoms with E-state index in [1.165, 1.54) is 4.57 Å². The van der Waals surface area contributed by atoms with Gasteiger partial charge in [0.05, 0.1) is 39.1 Å². The molecule has 0 amide bonds. The van der Waals surface area contributed by atoms with Crippen LogP contribution in [0.3, 0.4) is 0 Å².